The second kappa shape index (κ2) is 5.77. The number of piperidine rings is 1. The van der Waals surface area contributed by atoms with Crippen LogP contribution in [0.25, 0.3) is 0 Å². The number of sulfone groups is 1. The summed E-state index contributed by atoms with van der Waals surface area (Å²) >= 11 is 0. The monoisotopic (exact) mass is 310 g/mol. The van der Waals surface area contributed by atoms with Gasteiger partial charge >= 0.3 is 0 Å². The Morgan fingerprint density at radius 2 is 1.95 bits per heavy atom. The quantitative estimate of drug-likeness (QED) is 0.912. The third-order valence-corrected chi connectivity index (χ3v) is 5.37. The normalized spacial score (nSPS) is 18.5. The van der Waals surface area contributed by atoms with Gasteiger partial charge in [-0.2, -0.15) is 0 Å². The highest BCUT2D eigenvalue weighted by atomic mass is 32.2. The van der Waals surface area contributed by atoms with Crippen LogP contribution in [-0.2, 0) is 9.84 Å². The molecule has 5 nitrogen and oxygen atoms in total. The van der Waals surface area contributed by atoms with Crippen molar-refractivity contribution in [1.29, 1.82) is 0 Å². The fourth-order valence-electron chi connectivity index (χ4n) is 2.50. The van der Waals surface area contributed by atoms with Crippen molar-refractivity contribution in [2.75, 3.05) is 25.9 Å². The van der Waals surface area contributed by atoms with Crippen molar-refractivity contribution in [3.05, 3.63) is 29.8 Å². The van der Waals surface area contributed by atoms with Crippen molar-refractivity contribution in [2.45, 2.75) is 24.7 Å². The molecule has 0 radical (unpaired) electrons. The lowest BCUT2D eigenvalue weighted by Gasteiger charge is -2.38. The molecule has 0 aromatic heterocycles. The molecule has 1 aliphatic heterocycles. The van der Waals surface area contributed by atoms with Crippen LogP contribution < -0.4 is 5.73 Å². The summed E-state index contributed by atoms with van der Waals surface area (Å²) in [5, 5.41) is 0. The number of benzene rings is 1. The molecule has 1 amide bonds. The largest absolute Gasteiger partial charge is 0.339 e. The van der Waals surface area contributed by atoms with E-state index >= 15 is 0 Å². The lowest BCUT2D eigenvalue weighted by Crippen LogP contribution is -2.44. The number of rotatable bonds is 3. The molecule has 0 aliphatic carbocycles. The topological polar surface area (TPSA) is 80.5 Å². The second-order valence-corrected chi connectivity index (χ2v) is 8.12. The van der Waals surface area contributed by atoms with Crippen molar-refractivity contribution in [3.8, 4) is 0 Å². The predicted octanol–water partition coefficient (Wildman–Crippen LogP) is 1.29. The smallest absolute Gasteiger partial charge is 0.253 e. The van der Waals surface area contributed by atoms with Gasteiger partial charge in [0.2, 0.25) is 0 Å². The number of hydrogen-bond donors (Lipinski definition) is 1. The first-order valence-corrected chi connectivity index (χ1v) is 8.94. The third kappa shape index (κ3) is 3.63. The minimum absolute atomic E-state index is 0.103. The summed E-state index contributed by atoms with van der Waals surface area (Å²) in [4.78, 5) is 14.4. The first-order chi connectivity index (χ1) is 9.75. The van der Waals surface area contributed by atoms with Crippen LogP contribution in [0, 0.1) is 5.41 Å². The number of likely N-dealkylation sites (tertiary alicyclic amines) is 1. The first kappa shape index (κ1) is 16.0. The van der Waals surface area contributed by atoms with Gasteiger partial charge in [-0.3, -0.25) is 4.79 Å². The molecule has 0 spiro atoms. The summed E-state index contributed by atoms with van der Waals surface area (Å²) in [5.41, 5.74) is 6.30. The second-order valence-electron chi connectivity index (χ2n) is 6.11. The van der Waals surface area contributed by atoms with Gasteiger partial charge in [0.15, 0.2) is 9.84 Å². The van der Waals surface area contributed by atoms with Crippen LogP contribution in [0.1, 0.15) is 30.1 Å². The van der Waals surface area contributed by atoms with Crippen LogP contribution >= 0.6 is 0 Å². The molecule has 0 saturated carbocycles. The summed E-state index contributed by atoms with van der Waals surface area (Å²) in [6.45, 7) is 4.09. The predicted molar refractivity (Wildman–Crippen MR) is 81.9 cm³/mol. The maximum Gasteiger partial charge on any atom is 0.253 e. The van der Waals surface area contributed by atoms with Crippen molar-refractivity contribution >= 4 is 15.7 Å². The van der Waals surface area contributed by atoms with E-state index in [1.165, 1.54) is 12.1 Å². The minimum atomic E-state index is -3.30. The maximum absolute atomic E-state index is 12.5. The highest BCUT2D eigenvalue weighted by Crippen LogP contribution is 2.30. The Bertz CT molecular complexity index is 632. The van der Waals surface area contributed by atoms with Crippen LogP contribution in [0.3, 0.4) is 0 Å². The van der Waals surface area contributed by atoms with E-state index in [1.54, 1.807) is 17.0 Å². The summed E-state index contributed by atoms with van der Waals surface area (Å²) in [6, 6.07) is 6.23. The molecule has 1 aromatic carbocycles. The number of carbonyl (C=O) groups excluding carboxylic acids is 1. The van der Waals surface area contributed by atoms with Crippen LogP contribution in [0.2, 0.25) is 0 Å². The number of nitrogens with zero attached hydrogens (tertiary/aromatic N) is 1. The van der Waals surface area contributed by atoms with Gasteiger partial charge in [-0.15, -0.1) is 0 Å². The number of carbonyl (C=O) groups is 1. The number of amides is 1. The molecule has 21 heavy (non-hydrogen) atoms. The molecule has 1 aliphatic rings. The van der Waals surface area contributed by atoms with Crippen LogP contribution in [0.15, 0.2) is 29.2 Å². The Balaban J connectivity index is 2.15. The van der Waals surface area contributed by atoms with Crippen molar-refractivity contribution in [1.82, 2.24) is 4.90 Å². The Labute approximate surface area is 126 Å². The van der Waals surface area contributed by atoms with Gasteiger partial charge in [0.1, 0.15) is 0 Å². The van der Waals surface area contributed by atoms with Crippen LogP contribution in [-0.4, -0.2) is 45.1 Å². The summed E-state index contributed by atoms with van der Waals surface area (Å²) in [7, 11) is -3.30. The summed E-state index contributed by atoms with van der Waals surface area (Å²) < 4.78 is 23.1. The summed E-state index contributed by atoms with van der Waals surface area (Å²) in [6.07, 6.45) is 2.90. The Morgan fingerprint density at radius 1 is 1.33 bits per heavy atom. The standard InChI is InChI=1S/C15H22N2O3S/c1-15(11-16)6-8-17(9-7-15)14(18)12-4-3-5-13(10-12)21(2,19)20/h3-5,10H,6-9,11,16H2,1-2H3. The van der Waals surface area contributed by atoms with E-state index in [-0.39, 0.29) is 16.2 Å². The molecule has 0 unspecified atom stereocenters. The Morgan fingerprint density at radius 3 is 2.48 bits per heavy atom. The molecule has 116 valence electrons. The van der Waals surface area contributed by atoms with E-state index in [4.69, 9.17) is 5.73 Å². The Hall–Kier alpha value is -1.40. The lowest BCUT2D eigenvalue weighted by molar-refractivity contribution is 0.0617. The van der Waals surface area contributed by atoms with Crippen LogP contribution in [0.5, 0.6) is 0 Å². The van der Waals surface area contributed by atoms with Gasteiger partial charge in [0, 0.05) is 24.9 Å². The third-order valence-electron chi connectivity index (χ3n) is 4.26. The van der Waals surface area contributed by atoms with Crippen LogP contribution in [0.4, 0.5) is 0 Å². The minimum Gasteiger partial charge on any atom is -0.339 e. The number of nitrogens with two attached hydrogens (primary N) is 1. The Kier molecular flexibility index (Phi) is 4.39. The first-order valence-electron chi connectivity index (χ1n) is 7.05. The zero-order valence-corrected chi connectivity index (χ0v) is 13.3. The van der Waals surface area contributed by atoms with Crippen molar-refractivity contribution in [3.63, 3.8) is 0 Å². The average Bonchev–Trinajstić information content (AvgIpc) is 2.47. The van der Waals surface area contributed by atoms with Gasteiger partial charge in [0.25, 0.3) is 5.91 Å². The molecule has 6 heteroatoms. The molecular weight excluding hydrogens is 288 g/mol. The SMILES string of the molecule is CC1(CN)CCN(C(=O)c2cccc(S(C)(=O)=O)c2)CC1. The zero-order valence-electron chi connectivity index (χ0n) is 12.5. The molecule has 2 rings (SSSR count). The van der Waals surface area contributed by atoms with Gasteiger partial charge in [-0.25, -0.2) is 8.42 Å². The molecule has 2 N–H and O–H groups in total. The molecule has 0 bridgehead atoms. The molecule has 1 saturated heterocycles. The van der Waals surface area contributed by atoms with E-state index in [0.29, 0.717) is 25.2 Å². The lowest BCUT2D eigenvalue weighted by atomic mass is 9.80. The van der Waals surface area contributed by atoms with Gasteiger partial charge in [0.05, 0.1) is 4.90 Å². The number of hydrogen-bond acceptors (Lipinski definition) is 4. The zero-order chi connectivity index (χ0) is 15.7. The fraction of sp³-hybridized carbons (Fsp3) is 0.533. The fourth-order valence-corrected chi connectivity index (χ4v) is 3.16. The van der Waals surface area contributed by atoms with Gasteiger partial charge in [-0.05, 0) is 43.0 Å². The van der Waals surface area contributed by atoms with Crippen molar-refractivity contribution in [2.24, 2.45) is 11.1 Å². The molecule has 1 aromatic rings. The van der Waals surface area contributed by atoms with E-state index in [0.717, 1.165) is 19.1 Å². The highest BCUT2D eigenvalue weighted by Gasteiger charge is 2.31. The molecule has 0 atom stereocenters. The molecule has 1 heterocycles. The molecule has 1 fully saturated rings. The molecular formula is C15H22N2O3S. The van der Waals surface area contributed by atoms with Gasteiger partial charge < -0.3 is 10.6 Å². The maximum atomic E-state index is 12.5. The van der Waals surface area contributed by atoms with E-state index in [1.807, 2.05) is 0 Å². The average molecular weight is 310 g/mol. The van der Waals surface area contributed by atoms with E-state index in [2.05, 4.69) is 6.92 Å². The van der Waals surface area contributed by atoms with E-state index < -0.39 is 9.84 Å². The van der Waals surface area contributed by atoms with Gasteiger partial charge in [-0.1, -0.05) is 13.0 Å². The van der Waals surface area contributed by atoms with Crippen molar-refractivity contribution < 1.29 is 13.2 Å². The van der Waals surface area contributed by atoms with E-state index in [9.17, 15) is 13.2 Å². The summed E-state index contributed by atoms with van der Waals surface area (Å²) in [5.74, 6) is -0.112. The highest BCUT2D eigenvalue weighted by molar-refractivity contribution is 7.90.